The van der Waals surface area contributed by atoms with Gasteiger partial charge in [0, 0.05) is 11.8 Å². The molecule has 1 aliphatic carbocycles. The highest BCUT2D eigenvalue weighted by molar-refractivity contribution is 5.93. The second-order valence-electron chi connectivity index (χ2n) is 4.67. The summed E-state index contributed by atoms with van der Waals surface area (Å²) in [5, 5.41) is 2.85. The van der Waals surface area contributed by atoms with E-state index in [1.807, 2.05) is 0 Å². The van der Waals surface area contributed by atoms with E-state index in [0.29, 0.717) is 11.6 Å². The number of halogens is 2. The first-order valence-electron chi connectivity index (χ1n) is 6.45. The van der Waals surface area contributed by atoms with E-state index in [2.05, 4.69) is 15.7 Å². The molecule has 0 spiro atoms. The molecule has 1 aromatic carbocycles. The number of anilines is 1. The van der Waals surface area contributed by atoms with E-state index >= 15 is 0 Å². The highest BCUT2D eigenvalue weighted by atomic mass is 19.2. The number of hydrogen-bond donors (Lipinski definition) is 3. The van der Waals surface area contributed by atoms with Crippen molar-refractivity contribution in [1.29, 1.82) is 0 Å². The molecular weight excluding hydrogens is 250 g/mol. The van der Waals surface area contributed by atoms with Crippen LogP contribution in [0.2, 0.25) is 0 Å². The summed E-state index contributed by atoms with van der Waals surface area (Å²) in [7, 11) is 0. The van der Waals surface area contributed by atoms with Crippen LogP contribution < -0.4 is 16.6 Å². The Kier molecular flexibility index (Phi) is 4.68. The largest absolute Gasteiger partial charge is 0.325 e. The third-order valence-electron chi connectivity index (χ3n) is 3.21. The average molecular weight is 268 g/mol. The van der Waals surface area contributed by atoms with Gasteiger partial charge in [-0.2, -0.15) is 0 Å². The van der Waals surface area contributed by atoms with Crippen molar-refractivity contribution in [1.82, 2.24) is 5.43 Å². The maximum atomic E-state index is 13.1. The highest BCUT2D eigenvalue weighted by Gasteiger charge is 2.13. The summed E-state index contributed by atoms with van der Waals surface area (Å²) in [5.74, 6) is 3.99. The molecule has 1 saturated carbocycles. The number of benzene rings is 1. The van der Waals surface area contributed by atoms with Crippen LogP contribution in [0.3, 0.4) is 0 Å². The summed E-state index contributed by atoms with van der Waals surface area (Å²) in [6.07, 6.45) is 5.64. The maximum absolute atomic E-state index is 13.1. The molecule has 0 aromatic heterocycles. The molecule has 0 aliphatic heterocycles. The molecule has 2 rings (SSSR count). The summed E-state index contributed by atoms with van der Waals surface area (Å²) in [4.78, 5) is 4.45. The van der Waals surface area contributed by atoms with E-state index in [0.717, 1.165) is 37.8 Å². The van der Waals surface area contributed by atoms with Crippen molar-refractivity contribution >= 4 is 11.6 Å². The fraction of sp³-hybridized carbons (Fsp3) is 0.462. The van der Waals surface area contributed by atoms with Gasteiger partial charge in [0.05, 0.1) is 6.04 Å². The van der Waals surface area contributed by atoms with Crippen LogP contribution in [0.15, 0.2) is 23.2 Å². The minimum atomic E-state index is -0.904. The number of nitrogens with zero attached hydrogens (tertiary/aromatic N) is 1. The minimum absolute atomic E-state index is 0.234. The molecule has 0 bridgehead atoms. The number of hydrogen-bond acceptors (Lipinski definition) is 2. The van der Waals surface area contributed by atoms with Gasteiger partial charge in [-0.25, -0.2) is 19.6 Å². The Labute approximate surface area is 111 Å². The van der Waals surface area contributed by atoms with Crippen molar-refractivity contribution in [3.8, 4) is 0 Å². The number of aliphatic imine (C=N–C) groups is 1. The summed E-state index contributed by atoms with van der Waals surface area (Å²) in [6, 6.07) is 3.80. The zero-order valence-electron chi connectivity index (χ0n) is 10.6. The number of guanidine groups is 1. The summed E-state index contributed by atoms with van der Waals surface area (Å²) < 4.78 is 25.9. The van der Waals surface area contributed by atoms with Crippen molar-refractivity contribution in [3.63, 3.8) is 0 Å². The highest BCUT2D eigenvalue weighted by Crippen LogP contribution is 2.20. The van der Waals surface area contributed by atoms with Gasteiger partial charge < -0.3 is 5.32 Å². The Morgan fingerprint density at radius 2 is 1.89 bits per heavy atom. The lowest BCUT2D eigenvalue weighted by Gasteiger charge is -2.19. The van der Waals surface area contributed by atoms with Crippen LogP contribution in [0.5, 0.6) is 0 Å². The maximum Gasteiger partial charge on any atom is 0.210 e. The van der Waals surface area contributed by atoms with Crippen LogP contribution in [0.1, 0.15) is 32.1 Å². The molecule has 19 heavy (non-hydrogen) atoms. The first-order valence-corrected chi connectivity index (χ1v) is 6.45. The predicted octanol–water partition coefficient (Wildman–Crippen LogP) is 2.53. The lowest BCUT2D eigenvalue weighted by atomic mass is 9.96. The van der Waals surface area contributed by atoms with Crippen molar-refractivity contribution in [2.75, 3.05) is 5.32 Å². The minimum Gasteiger partial charge on any atom is -0.325 e. The smallest absolute Gasteiger partial charge is 0.210 e. The van der Waals surface area contributed by atoms with Crippen LogP contribution >= 0.6 is 0 Å². The molecule has 4 nitrogen and oxygen atoms in total. The van der Waals surface area contributed by atoms with E-state index in [4.69, 9.17) is 5.84 Å². The van der Waals surface area contributed by atoms with Gasteiger partial charge in [-0.05, 0) is 25.0 Å². The Morgan fingerprint density at radius 3 is 2.53 bits per heavy atom. The molecule has 0 heterocycles. The molecule has 0 unspecified atom stereocenters. The fourth-order valence-corrected chi connectivity index (χ4v) is 2.21. The molecule has 104 valence electrons. The standard InChI is InChI=1S/C13H18F2N4/c14-11-7-6-10(8-12(11)15)18-13(19-16)17-9-4-2-1-3-5-9/h6-9H,1-5,16H2,(H2,17,18,19). The Bertz CT molecular complexity index is 456. The summed E-state index contributed by atoms with van der Waals surface area (Å²) >= 11 is 0. The Balaban J connectivity index is 2.05. The Hall–Kier alpha value is -1.69. The molecule has 4 N–H and O–H groups in total. The van der Waals surface area contributed by atoms with Crippen LogP contribution in [0.25, 0.3) is 0 Å². The molecular formula is C13H18F2N4. The van der Waals surface area contributed by atoms with Gasteiger partial charge in [-0.15, -0.1) is 0 Å². The van der Waals surface area contributed by atoms with E-state index < -0.39 is 11.6 Å². The van der Waals surface area contributed by atoms with Gasteiger partial charge in [-0.1, -0.05) is 19.3 Å². The van der Waals surface area contributed by atoms with Crippen molar-refractivity contribution in [2.45, 2.75) is 38.1 Å². The van der Waals surface area contributed by atoms with Crippen molar-refractivity contribution < 1.29 is 8.78 Å². The van der Waals surface area contributed by atoms with Crippen LogP contribution in [-0.4, -0.2) is 12.0 Å². The van der Waals surface area contributed by atoms with Gasteiger partial charge in [0.25, 0.3) is 0 Å². The summed E-state index contributed by atoms with van der Waals surface area (Å²) in [6.45, 7) is 0. The average Bonchev–Trinajstić information content (AvgIpc) is 2.43. The van der Waals surface area contributed by atoms with Crippen LogP contribution in [0, 0.1) is 11.6 Å². The fourth-order valence-electron chi connectivity index (χ4n) is 2.21. The Morgan fingerprint density at radius 1 is 1.16 bits per heavy atom. The molecule has 0 atom stereocenters. The predicted molar refractivity (Wildman–Crippen MR) is 71.6 cm³/mol. The van der Waals surface area contributed by atoms with E-state index in [1.54, 1.807) is 0 Å². The first kappa shape index (κ1) is 13.7. The molecule has 0 amide bonds. The first-order chi connectivity index (χ1) is 9.19. The van der Waals surface area contributed by atoms with Gasteiger partial charge in [0.1, 0.15) is 0 Å². The molecule has 6 heteroatoms. The third kappa shape index (κ3) is 3.89. The number of rotatable bonds is 2. The number of hydrazine groups is 1. The monoisotopic (exact) mass is 268 g/mol. The lowest BCUT2D eigenvalue weighted by Crippen LogP contribution is -2.37. The molecule has 0 radical (unpaired) electrons. The van der Waals surface area contributed by atoms with Gasteiger partial charge in [0.15, 0.2) is 11.6 Å². The quantitative estimate of drug-likeness (QED) is 0.334. The van der Waals surface area contributed by atoms with Crippen molar-refractivity contribution in [2.24, 2.45) is 10.8 Å². The SMILES string of the molecule is NNC(=NC1CCCCC1)Nc1ccc(F)c(F)c1. The van der Waals surface area contributed by atoms with Crippen LogP contribution in [0.4, 0.5) is 14.5 Å². The molecule has 0 saturated heterocycles. The zero-order valence-corrected chi connectivity index (χ0v) is 10.6. The summed E-state index contributed by atoms with van der Waals surface area (Å²) in [5.41, 5.74) is 2.86. The number of nitrogens with one attached hydrogen (secondary N) is 2. The third-order valence-corrected chi connectivity index (χ3v) is 3.21. The lowest BCUT2D eigenvalue weighted by molar-refractivity contribution is 0.442. The zero-order chi connectivity index (χ0) is 13.7. The second-order valence-corrected chi connectivity index (χ2v) is 4.67. The second kappa shape index (κ2) is 6.47. The van der Waals surface area contributed by atoms with Gasteiger partial charge >= 0.3 is 0 Å². The topological polar surface area (TPSA) is 62.4 Å². The number of nitrogens with two attached hydrogens (primary N) is 1. The normalized spacial score (nSPS) is 17.3. The van der Waals surface area contributed by atoms with Crippen molar-refractivity contribution in [3.05, 3.63) is 29.8 Å². The van der Waals surface area contributed by atoms with Crippen LogP contribution in [-0.2, 0) is 0 Å². The molecule has 1 aromatic rings. The van der Waals surface area contributed by atoms with Gasteiger partial charge in [0.2, 0.25) is 5.96 Å². The van der Waals surface area contributed by atoms with Gasteiger partial charge in [-0.3, -0.25) is 5.43 Å². The molecule has 1 aliphatic rings. The molecule has 1 fully saturated rings. The van der Waals surface area contributed by atoms with E-state index in [9.17, 15) is 8.78 Å². The van der Waals surface area contributed by atoms with E-state index in [1.165, 1.54) is 12.5 Å². The van der Waals surface area contributed by atoms with E-state index in [-0.39, 0.29) is 6.04 Å².